The highest BCUT2D eigenvalue weighted by Gasteiger charge is 2.52. The average Bonchev–Trinajstić information content (AvgIpc) is 2.82. The molecule has 144 valence electrons. The summed E-state index contributed by atoms with van der Waals surface area (Å²) in [5.41, 5.74) is 2.21. The number of pyridine rings is 1. The lowest BCUT2D eigenvalue weighted by atomic mass is 9.76. The van der Waals surface area contributed by atoms with Crippen molar-refractivity contribution in [3.63, 3.8) is 0 Å². The van der Waals surface area contributed by atoms with Crippen molar-refractivity contribution < 1.29 is 14.0 Å². The van der Waals surface area contributed by atoms with Gasteiger partial charge in [-0.05, 0) is 47.7 Å². The maximum atomic E-state index is 6.30. The van der Waals surface area contributed by atoms with Gasteiger partial charge in [-0.1, -0.05) is 0 Å². The summed E-state index contributed by atoms with van der Waals surface area (Å²) in [5, 5.41) is 0. The Morgan fingerprint density at radius 3 is 2.23 bits per heavy atom. The first kappa shape index (κ1) is 19.6. The molecular weight excluding hydrogens is 329 g/mol. The van der Waals surface area contributed by atoms with Crippen LogP contribution in [0.5, 0.6) is 0 Å². The zero-order valence-electron chi connectivity index (χ0n) is 17.2. The van der Waals surface area contributed by atoms with E-state index in [9.17, 15) is 0 Å². The van der Waals surface area contributed by atoms with E-state index in [1.165, 1.54) is 0 Å². The Bertz CT molecular complexity index is 629. The molecule has 1 atom stereocenters. The fraction of sp³-hybridized carbons (Fsp3) is 0.737. The van der Waals surface area contributed by atoms with Crippen molar-refractivity contribution in [1.29, 1.82) is 0 Å². The Labute approximate surface area is 158 Å². The Balaban J connectivity index is 1.94. The van der Waals surface area contributed by atoms with Crippen molar-refractivity contribution in [2.24, 2.45) is 0 Å². The molecule has 6 nitrogen and oxygen atoms in total. The molecule has 0 aromatic carbocycles. The number of aromatic nitrogens is 1. The molecule has 2 saturated heterocycles. The Kier molecular flexibility index (Phi) is 5.37. The summed E-state index contributed by atoms with van der Waals surface area (Å²) < 4.78 is 18.1. The van der Waals surface area contributed by atoms with E-state index in [4.69, 9.17) is 19.0 Å². The average molecular weight is 361 g/mol. The number of methoxy groups -OCH3 is 1. The van der Waals surface area contributed by atoms with Crippen LogP contribution in [0.4, 0.5) is 5.69 Å². The zero-order valence-corrected chi connectivity index (χ0v) is 17.2. The van der Waals surface area contributed by atoms with Crippen LogP contribution in [-0.2, 0) is 14.0 Å². The van der Waals surface area contributed by atoms with Crippen molar-refractivity contribution in [3.8, 4) is 0 Å². The predicted octanol–water partition coefficient (Wildman–Crippen LogP) is 1.84. The first-order valence-electron chi connectivity index (χ1n) is 9.46. The number of rotatable bonds is 4. The van der Waals surface area contributed by atoms with Gasteiger partial charge in [0.2, 0.25) is 0 Å². The van der Waals surface area contributed by atoms with Gasteiger partial charge >= 0.3 is 7.12 Å². The van der Waals surface area contributed by atoms with Gasteiger partial charge in [0.15, 0.2) is 0 Å². The lowest BCUT2D eigenvalue weighted by Gasteiger charge is -2.34. The SMILES string of the molecule is CO[C@@H](C)c1ncc(N2CCN(C)CC2)cc1B1OC(C)(C)C(C)(C)O1. The third-order valence-electron chi connectivity index (χ3n) is 6.05. The van der Waals surface area contributed by atoms with E-state index in [1.54, 1.807) is 7.11 Å². The van der Waals surface area contributed by atoms with Crippen LogP contribution in [0.1, 0.15) is 46.4 Å². The number of piperazine rings is 1. The van der Waals surface area contributed by atoms with Gasteiger partial charge < -0.3 is 23.8 Å². The maximum Gasteiger partial charge on any atom is 0.496 e. The van der Waals surface area contributed by atoms with Crippen molar-refractivity contribution in [2.45, 2.75) is 51.9 Å². The molecule has 3 heterocycles. The van der Waals surface area contributed by atoms with Crippen molar-refractivity contribution >= 4 is 18.3 Å². The van der Waals surface area contributed by atoms with Crippen LogP contribution >= 0.6 is 0 Å². The first-order chi connectivity index (χ1) is 12.1. The van der Waals surface area contributed by atoms with Crippen molar-refractivity contribution in [1.82, 2.24) is 9.88 Å². The summed E-state index contributed by atoms with van der Waals surface area (Å²) in [6, 6.07) is 2.17. The second kappa shape index (κ2) is 7.11. The summed E-state index contributed by atoms with van der Waals surface area (Å²) in [5.74, 6) is 0. The molecule has 2 aliphatic heterocycles. The summed E-state index contributed by atoms with van der Waals surface area (Å²) >= 11 is 0. The number of likely N-dealkylation sites (N-methyl/N-ethyl adjacent to an activating group) is 1. The number of hydrogen-bond donors (Lipinski definition) is 0. The molecule has 7 heteroatoms. The molecule has 1 aromatic rings. The molecule has 0 aliphatic carbocycles. The highest BCUT2D eigenvalue weighted by atomic mass is 16.7. The molecule has 0 saturated carbocycles. The van der Waals surface area contributed by atoms with E-state index < -0.39 is 7.12 Å². The summed E-state index contributed by atoms with van der Waals surface area (Å²) in [6.45, 7) is 14.4. The molecule has 2 aliphatic rings. The molecule has 3 rings (SSSR count). The quantitative estimate of drug-likeness (QED) is 0.763. The summed E-state index contributed by atoms with van der Waals surface area (Å²) in [6.07, 6.45) is 1.83. The van der Waals surface area contributed by atoms with Gasteiger partial charge in [0.05, 0.1) is 34.9 Å². The van der Waals surface area contributed by atoms with Crippen LogP contribution in [0.15, 0.2) is 12.3 Å². The molecule has 0 radical (unpaired) electrons. The van der Waals surface area contributed by atoms with Crippen LogP contribution in [0.3, 0.4) is 0 Å². The third kappa shape index (κ3) is 3.63. The third-order valence-corrected chi connectivity index (χ3v) is 6.05. The predicted molar refractivity (Wildman–Crippen MR) is 105 cm³/mol. The van der Waals surface area contributed by atoms with E-state index in [1.807, 2.05) is 13.1 Å². The monoisotopic (exact) mass is 361 g/mol. The Morgan fingerprint density at radius 1 is 1.12 bits per heavy atom. The van der Waals surface area contributed by atoms with Gasteiger partial charge in [0.1, 0.15) is 0 Å². The highest BCUT2D eigenvalue weighted by molar-refractivity contribution is 6.62. The molecule has 0 unspecified atom stereocenters. The molecule has 0 bridgehead atoms. The van der Waals surface area contributed by atoms with Crippen LogP contribution in [0, 0.1) is 0 Å². The van der Waals surface area contributed by atoms with Crippen LogP contribution in [0.25, 0.3) is 0 Å². The van der Waals surface area contributed by atoms with Gasteiger partial charge in [-0.2, -0.15) is 0 Å². The minimum absolute atomic E-state index is 0.120. The fourth-order valence-corrected chi connectivity index (χ4v) is 3.33. The normalized spacial score (nSPS) is 24.1. The molecule has 26 heavy (non-hydrogen) atoms. The van der Waals surface area contributed by atoms with Gasteiger partial charge in [-0.3, -0.25) is 4.98 Å². The largest absolute Gasteiger partial charge is 0.496 e. The summed E-state index contributed by atoms with van der Waals surface area (Å²) in [4.78, 5) is 9.47. The van der Waals surface area contributed by atoms with Gasteiger partial charge in [0.25, 0.3) is 0 Å². The molecule has 1 aromatic heterocycles. The second-order valence-electron chi connectivity index (χ2n) is 8.42. The smallest absolute Gasteiger partial charge is 0.399 e. The standard InChI is InChI=1S/C19H32BN3O3/c1-14(24-7)17-16(20-25-18(2,3)19(4,5)26-20)12-15(13-21-17)23-10-8-22(6)9-11-23/h12-14H,8-11H2,1-7H3/t14-/m0/s1. The van der Waals surface area contributed by atoms with Crippen LogP contribution in [-0.4, -0.2) is 68.5 Å². The van der Waals surface area contributed by atoms with Crippen LogP contribution in [0.2, 0.25) is 0 Å². The summed E-state index contributed by atoms with van der Waals surface area (Å²) in [7, 11) is 3.43. The number of hydrogen-bond acceptors (Lipinski definition) is 6. The van der Waals surface area contributed by atoms with E-state index in [2.05, 4.69) is 50.6 Å². The molecule has 0 amide bonds. The van der Waals surface area contributed by atoms with Crippen molar-refractivity contribution in [3.05, 3.63) is 18.0 Å². The second-order valence-corrected chi connectivity index (χ2v) is 8.42. The van der Waals surface area contributed by atoms with Gasteiger partial charge in [0, 0.05) is 38.8 Å². The number of ether oxygens (including phenoxy) is 1. The topological polar surface area (TPSA) is 47.1 Å². The number of anilines is 1. The zero-order chi connectivity index (χ0) is 19.1. The maximum absolute atomic E-state index is 6.30. The minimum Gasteiger partial charge on any atom is -0.399 e. The van der Waals surface area contributed by atoms with Crippen LogP contribution < -0.4 is 10.4 Å². The van der Waals surface area contributed by atoms with E-state index >= 15 is 0 Å². The molecule has 0 spiro atoms. The van der Waals surface area contributed by atoms with Gasteiger partial charge in [-0.15, -0.1) is 0 Å². The first-order valence-corrected chi connectivity index (χ1v) is 9.46. The Morgan fingerprint density at radius 2 is 1.69 bits per heavy atom. The van der Waals surface area contributed by atoms with Gasteiger partial charge in [-0.25, -0.2) is 0 Å². The minimum atomic E-state index is -0.437. The van der Waals surface area contributed by atoms with E-state index in [0.29, 0.717) is 0 Å². The highest BCUT2D eigenvalue weighted by Crippen LogP contribution is 2.37. The fourth-order valence-electron chi connectivity index (χ4n) is 3.33. The molecule has 0 N–H and O–H groups in total. The van der Waals surface area contributed by atoms with Crippen molar-refractivity contribution in [2.75, 3.05) is 45.2 Å². The number of nitrogens with zero attached hydrogens (tertiary/aromatic N) is 3. The van der Waals surface area contributed by atoms with E-state index in [0.717, 1.165) is 43.0 Å². The van der Waals surface area contributed by atoms with E-state index in [-0.39, 0.29) is 17.3 Å². The Hall–Kier alpha value is -1.15. The lowest BCUT2D eigenvalue weighted by Crippen LogP contribution is -2.45. The molecular formula is C19H32BN3O3. The molecule has 2 fully saturated rings. The lowest BCUT2D eigenvalue weighted by molar-refractivity contribution is 0.00578.